The minimum absolute atomic E-state index is 0.622. The summed E-state index contributed by atoms with van der Waals surface area (Å²) in [5, 5.41) is 0. The Kier molecular flexibility index (Phi) is 3.61. The zero-order valence-electron chi connectivity index (χ0n) is 9.40. The van der Waals surface area contributed by atoms with Crippen molar-refractivity contribution >= 4 is 0 Å². The molecule has 1 aromatic rings. The van der Waals surface area contributed by atoms with Crippen LogP contribution in [0.25, 0.3) is 0 Å². The van der Waals surface area contributed by atoms with E-state index >= 15 is 0 Å². The van der Waals surface area contributed by atoms with Gasteiger partial charge in [-0.05, 0) is 24.7 Å². The van der Waals surface area contributed by atoms with Crippen molar-refractivity contribution in [2.24, 2.45) is 5.84 Å². The molecule has 1 aliphatic rings. The van der Waals surface area contributed by atoms with Crippen molar-refractivity contribution in [2.45, 2.75) is 6.54 Å². The van der Waals surface area contributed by atoms with Crippen molar-refractivity contribution in [1.82, 2.24) is 10.3 Å². The maximum absolute atomic E-state index is 5.52. The van der Waals surface area contributed by atoms with Gasteiger partial charge in [0.05, 0.1) is 6.67 Å². The van der Waals surface area contributed by atoms with Gasteiger partial charge >= 0.3 is 0 Å². The topological polar surface area (TPSA) is 59.8 Å². The molecule has 0 bridgehead atoms. The summed E-state index contributed by atoms with van der Waals surface area (Å²) in [6, 6.07) is 6.01. The van der Waals surface area contributed by atoms with E-state index in [2.05, 4.69) is 10.3 Å². The number of hydrogen-bond acceptors (Lipinski definition) is 5. The molecule has 0 aromatic heterocycles. The summed E-state index contributed by atoms with van der Waals surface area (Å²) in [6.45, 7) is 2.72. The number of ether oxygens (including phenoxy) is 2. The smallest absolute Gasteiger partial charge is 0.161 e. The van der Waals surface area contributed by atoms with Gasteiger partial charge in [-0.25, -0.2) is 5.43 Å². The van der Waals surface area contributed by atoms with Crippen molar-refractivity contribution in [3.63, 3.8) is 0 Å². The Morgan fingerprint density at radius 2 is 2.06 bits per heavy atom. The summed E-state index contributed by atoms with van der Waals surface area (Å²) in [7, 11) is 2.00. The molecular formula is C11H17N3O2. The summed E-state index contributed by atoms with van der Waals surface area (Å²) in [6.07, 6.45) is 0. The third-order valence-corrected chi connectivity index (χ3v) is 2.42. The van der Waals surface area contributed by atoms with E-state index in [1.165, 1.54) is 5.56 Å². The Morgan fingerprint density at radius 3 is 2.81 bits per heavy atom. The molecule has 0 radical (unpaired) electrons. The van der Waals surface area contributed by atoms with Crippen LogP contribution in [0.2, 0.25) is 0 Å². The molecule has 0 fully saturated rings. The first-order valence-electron chi connectivity index (χ1n) is 5.30. The number of fused-ring (bicyclic) bond motifs is 1. The third-order valence-electron chi connectivity index (χ3n) is 2.42. The highest BCUT2D eigenvalue weighted by molar-refractivity contribution is 5.43. The fraction of sp³-hybridized carbons (Fsp3) is 0.455. The van der Waals surface area contributed by atoms with Gasteiger partial charge in [0.15, 0.2) is 11.5 Å². The minimum Gasteiger partial charge on any atom is -0.486 e. The second-order valence-corrected chi connectivity index (χ2v) is 3.85. The van der Waals surface area contributed by atoms with Crippen molar-refractivity contribution in [1.29, 1.82) is 0 Å². The van der Waals surface area contributed by atoms with Gasteiger partial charge in [-0.2, -0.15) is 0 Å². The molecule has 0 amide bonds. The fourth-order valence-corrected chi connectivity index (χ4v) is 1.71. The van der Waals surface area contributed by atoms with Gasteiger partial charge < -0.3 is 9.47 Å². The van der Waals surface area contributed by atoms with Crippen LogP contribution < -0.4 is 20.7 Å². The predicted octanol–water partition coefficient (Wildman–Crippen LogP) is 0.310. The lowest BCUT2D eigenvalue weighted by Gasteiger charge is -2.20. The Morgan fingerprint density at radius 1 is 1.31 bits per heavy atom. The number of hydrazine groups is 1. The third kappa shape index (κ3) is 2.63. The summed E-state index contributed by atoms with van der Waals surface area (Å²) in [5.41, 5.74) is 3.80. The van der Waals surface area contributed by atoms with E-state index < -0.39 is 0 Å². The van der Waals surface area contributed by atoms with Gasteiger partial charge in [0.25, 0.3) is 0 Å². The Balaban J connectivity index is 2.05. The van der Waals surface area contributed by atoms with Crippen LogP contribution in [0.4, 0.5) is 0 Å². The molecule has 3 N–H and O–H groups in total. The van der Waals surface area contributed by atoms with Crippen molar-refractivity contribution < 1.29 is 9.47 Å². The number of nitrogens with two attached hydrogens (primary N) is 1. The standard InChI is InChI=1S/C11H17N3O2/c1-14(8-13-12)7-9-2-3-10-11(6-9)16-5-4-15-10/h2-3,6,13H,4-5,7-8,12H2,1H3. The molecule has 1 aromatic carbocycles. The molecule has 1 aliphatic heterocycles. The van der Waals surface area contributed by atoms with Gasteiger partial charge in [0.1, 0.15) is 13.2 Å². The molecule has 0 unspecified atom stereocenters. The molecule has 0 saturated heterocycles. The molecule has 1 heterocycles. The van der Waals surface area contributed by atoms with Crippen LogP contribution in [0.3, 0.4) is 0 Å². The van der Waals surface area contributed by atoms with Gasteiger partial charge in [0.2, 0.25) is 0 Å². The fourth-order valence-electron chi connectivity index (χ4n) is 1.71. The van der Waals surface area contributed by atoms with Crippen LogP contribution >= 0.6 is 0 Å². The molecule has 5 heteroatoms. The molecule has 0 aliphatic carbocycles. The maximum atomic E-state index is 5.52. The quantitative estimate of drug-likeness (QED) is 0.437. The summed E-state index contributed by atoms with van der Waals surface area (Å²) in [4.78, 5) is 2.07. The monoisotopic (exact) mass is 223 g/mol. The highest BCUT2D eigenvalue weighted by Crippen LogP contribution is 2.30. The van der Waals surface area contributed by atoms with Crippen LogP contribution in [0, 0.1) is 0 Å². The predicted molar refractivity (Wildman–Crippen MR) is 61.1 cm³/mol. The first-order chi connectivity index (χ1) is 7.79. The lowest BCUT2D eigenvalue weighted by atomic mass is 10.2. The average molecular weight is 223 g/mol. The lowest BCUT2D eigenvalue weighted by Crippen LogP contribution is -2.35. The summed E-state index contributed by atoms with van der Waals surface area (Å²) >= 11 is 0. The number of hydrogen-bond donors (Lipinski definition) is 2. The lowest BCUT2D eigenvalue weighted by molar-refractivity contribution is 0.171. The Hall–Kier alpha value is -1.30. The molecule has 0 atom stereocenters. The van der Waals surface area contributed by atoms with E-state index in [9.17, 15) is 0 Å². The van der Waals surface area contributed by atoms with Gasteiger partial charge in [-0.3, -0.25) is 10.7 Å². The van der Waals surface area contributed by atoms with Gasteiger partial charge in [0, 0.05) is 6.54 Å². The first-order valence-corrected chi connectivity index (χ1v) is 5.30. The van der Waals surface area contributed by atoms with Gasteiger partial charge in [-0.15, -0.1) is 0 Å². The number of rotatable bonds is 4. The van der Waals surface area contributed by atoms with Gasteiger partial charge in [-0.1, -0.05) is 6.07 Å². The Labute approximate surface area is 95.1 Å². The molecule has 88 valence electrons. The van der Waals surface area contributed by atoms with E-state index in [-0.39, 0.29) is 0 Å². The van der Waals surface area contributed by atoms with Crippen LogP contribution in [0.1, 0.15) is 5.56 Å². The van der Waals surface area contributed by atoms with E-state index in [4.69, 9.17) is 15.3 Å². The second-order valence-electron chi connectivity index (χ2n) is 3.85. The minimum atomic E-state index is 0.622. The molecule has 0 spiro atoms. The SMILES string of the molecule is CN(CNN)Cc1ccc2c(c1)OCCO2. The maximum Gasteiger partial charge on any atom is 0.161 e. The summed E-state index contributed by atoms with van der Waals surface area (Å²) in [5.74, 6) is 6.92. The van der Waals surface area contributed by atoms with Crippen LogP contribution in [-0.2, 0) is 6.54 Å². The molecule has 0 saturated carbocycles. The first kappa shape index (κ1) is 11.2. The van der Waals surface area contributed by atoms with E-state index in [1.807, 2.05) is 25.2 Å². The number of nitrogens with zero attached hydrogens (tertiary/aromatic N) is 1. The van der Waals surface area contributed by atoms with Crippen molar-refractivity contribution in [3.05, 3.63) is 23.8 Å². The summed E-state index contributed by atoms with van der Waals surface area (Å²) < 4.78 is 11.0. The number of nitrogens with one attached hydrogen (secondary N) is 1. The zero-order valence-corrected chi connectivity index (χ0v) is 9.40. The van der Waals surface area contributed by atoms with Crippen molar-refractivity contribution in [3.8, 4) is 11.5 Å². The zero-order chi connectivity index (χ0) is 11.4. The molecule has 2 rings (SSSR count). The molecular weight excluding hydrogens is 206 g/mol. The molecule has 16 heavy (non-hydrogen) atoms. The highest BCUT2D eigenvalue weighted by atomic mass is 16.6. The normalized spacial score (nSPS) is 14.2. The molecule has 5 nitrogen and oxygen atoms in total. The van der Waals surface area contributed by atoms with Crippen LogP contribution in [0.5, 0.6) is 11.5 Å². The van der Waals surface area contributed by atoms with E-state index in [0.29, 0.717) is 19.9 Å². The Bertz CT molecular complexity index is 357. The van der Waals surface area contributed by atoms with Crippen LogP contribution in [-0.4, -0.2) is 31.8 Å². The highest BCUT2D eigenvalue weighted by Gasteiger charge is 2.11. The van der Waals surface area contributed by atoms with Crippen molar-refractivity contribution in [2.75, 3.05) is 26.9 Å². The largest absolute Gasteiger partial charge is 0.486 e. The second kappa shape index (κ2) is 5.16. The number of benzene rings is 1. The average Bonchev–Trinajstić information content (AvgIpc) is 2.29. The van der Waals surface area contributed by atoms with E-state index in [1.54, 1.807) is 0 Å². The van der Waals surface area contributed by atoms with E-state index in [0.717, 1.165) is 18.0 Å². The van der Waals surface area contributed by atoms with Crippen LogP contribution in [0.15, 0.2) is 18.2 Å².